The molecule has 2 atom stereocenters. The van der Waals surface area contributed by atoms with E-state index < -0.39 is 12.3 Å². The molecule has 0 saturated carbocycles. The normalized spacial score (nSPS) is 23.3. The second-order valence-corrected chi connectivity index (χ2v) is 5.61. The molecule has 1 N–H and O–H groups in total. The van der Waals surface area contributed by atoms with E-state index >= 15 is 0 Å². The van der Waals surface area contributed by atoms with E-state index in [9.17, 15) is 14.7 Å². The number of anilines is 1. The van der Waals surface area contributed by atoms with Crippen LogP contribution in [0.2, 0.25) is 0 Å². The number of rotatable bonds is 3. The summed E-state index contributed by atoms with van der Waals surface area (Å²) in [5, 5.41) is 10.6. The Kier molecular flexibility index (Phi) is 3.73. The first kappa shape index (κ1) is 15.4. The monoisotopic (exact) mass is 318 g/mol. The van der Waals surface area contributed by atoms with E-state index in [0.717, 1.165) is 10.5 Å². The Morgan fingerprint density at radius 2 is 1.96 bits per heavy atom. The van der Waals surface area contributed by atoms with E-state index in [4.69, 9.17) is 9.47 Å². The predicted molar refractivity (Wildman–Crippen MR) is 82.7 cm³/mol. The lowest BCUT2D eigenvalue weighted by molar-refractivity contribution is -0.109. The molecular formula is C16H18N2O5. The average Bonchev–Trinajstić information content (AvgIpc) is 2.92. The summed E-state index contributed by atoms with van der Waals surface area (Å²) in [6.07, 6.45) is -0.165. The fourth-order valence-electron chi connectivity index (χ4n) is 3.17. The van der Waals surface area contributed by atoms with Crippen LogP contribution in [0.5, 0.6) is 11.5 Å². The van der Waals surface area contributed by atoms with Crippen LogP contribution in [0.15, 0.2) is 24.3 Å². The number of aliphatic hydroxyl groups excluding tert-OH is 1. The molecule has 1 fully saturated rings. The Hall–Kier alpha value is -2.54. The minimum Gasteiger partial charge on any atom is -0.493 e. The van der Waals surface area contributed by atoms with Gasteiger partial charge in [0.1, 0.15) is 0 Å². The van der Waals surface area contributed by atoms with E-state index in [2.05, 4.69) is 6.58 Å². The van der Waals surface area contributed by atoms with Crippen molar-refractivity contribution in [3.05, 3.63) is 29.8 Å². The summed E-state index contributed by atoms with van der Waals surface area (Å²) in [6, 6.07) is 2.55. The molecule has 3 rings (SSSR count). The van der Waals surface area contributed by atoms with E-state index in [0.29, 0.717) is 36.6 Å². The first-order chi connectivity index (χ1) is 11.0. The number of methoxy groups -OCH3 is 2. The molecule has 0 radical (unpaired) electrons. The number of hydrogen-bond donors (Lipinski definition) is 1. The third-order valence-corrected chi connectivity index (χ3v) is 4.31. The maximum Gasteiger partial charge on any atom is 0.256 e. The molecule has 1 aromatic carbocycles. The van der Waals surface area contributed by atoms with Gasteiger partial charge in [0, 0.05) is 12.6 Å². The molecule has 1 saturated heterocycles. The zero-order chi connectivity index (χ0) is 16.7. The molecule has 2 unspecified atom stereocenters. The molecule has 122 valence electrons. The topological polar surface area (TPSA) is 79.3 Å². The maximum absolute atomic E-state index is 12.9. The number of aliphatic hydroxyl groups is 1. The van der Waals surface area contributed by atoms with Gasteiger partial charge in [0.15, 0.2) is 17.7 Å². The fraction of sp³-hybridized carbons (Fsp3) is 0.375. The maximum atomic E-state index is 12.9. The van der Waals surface area contributed by atoms with E-state index in [1.807, 2.05) is 0 Å². The minimum absolute atomic E-state index is 0.270. The van der Waals surface area contributed by atoms with Gasteiger partial charge in [-0.25, -0.2) is 0 Å². The van der Waals surface area contributed by atoms with Crippen molar-refractivity contribution in [1.82, 2.24) is 4.90 Å². The van der Waals surface area contributed by atoms with Crippen molar-refractivity contribution in [2.45, 2.75) is 18.7 Å². The summed E-state index contributed by atoms with van der Waals surface area (Å²) < 4.78 is 10.5. The zero-order valence-corrected chi connectivity index (χ0v) is 13.0. The Morgan fingerprint density at radius 3 is 2.57 bits per heavy atom. The molecule has 2 aliphatic heterocycles. The van der Waals surface area contributed by atoms with Gasteiger partial charge in [0.05, 0.1) is 31.5 Å². The smallest absolute Gasteiger partial charge is 0.256 e. The third kappa shape index (κ3) is 2.24. The van der Waals surface area contributed by atoms with Crippen LogP contribution in [0, 0.1) is 0 Å². The number of nitrogens with zero attached hydrogens (tertiary/aromatic N) is 2. The SMILES string of the molecule is C=C1CC2C(O)N(C=O)c3cc(OC)c(OC)cc3C(=O)N2C1. The highest BCUT2D eigenvalue weighted by atomic mass is 16.5. The van der Waals surface area contributed by atoms with Gasteiger partial charge in [0.25, 0.3) is 5.91 Å². The van der Waals surface area contributed by atoms with Crippen molar-refractivity contribution in [3.8, 4) is 11.5 Å². The molecule has 2 heterocycles. The molecule has 7 heteroatoms. The van der Waals surface area contributed by atoms with Gasteiger partial charge < -0.3 is 19.5 Å². The summed E-state index contributed by atoms with van der Waals surface area (Å²) in [5.74, 6) is 0.494. The first-order valence-corrected chi connectivity index (χ1v) is 7.17. The van der Waals surface area contributed by atoms with Crippen molar-refractivity contribution in [2.24, 2.45) is 0 Å². The minimum atomic E-state index is -1.14. The number of carbonyl (C=O) groups is 2. The molecule has 23 heavy (non-hydrogen) atoms. The molecule has 2 amide bonds. The van der Waals surface area contributed by atoms with E-state index in [-0.39, 0.29) is 11.5 Å². The van der Waals surface area contributed by atoms with Crippen LogP contribution in [-0.2, 0) is 4.79 Å². The van der Waals surface area contributed by atoms with Crippen LogP contribution >= 0.6 is 0 Å². The third-order valence-electron chi connectivity index (χ3n) is 4.31. The molecule has 0 aliphatic carbocycles. The Bertz CT molecular complexity index is 687. The van der Waals surface area contributed by atoms with Gasteiger partial charge in [0.2, 0.25) is 6.41 Å². The molecule has 1 aromatic rings. The molecule has 7 nitrogen and oxygen atoms in total. The summed E-state index contributed by atoms with van der Waals surface area (Å²) >= 11 is 0. The van der Waals surface area contributed by atoms with Crippen molar-refractivity contribution >= 4 is 18.0 Å². The van der Waals surface area contributed by atoms with E-state index in [1.165, 1.54) is 26.4 Å². The summed E-state index contributed by atoms with van der Waals surface area (Å²) in [6.45, 7) is 4.25. The standard InChI is InChI=1S/C16H18N2O5/c1-9-4-12-16(21)18(8-19)11-6-14(23-3)13(22-2)5-10(11)15(20)17(12)7-9/h5-6,8,12,16,21H,1,4,7H2,2-3H3. The second kappa shape index (κ2) is 5.58. The predicted octanol–water partition coefficient (Wildman–Crippen LogP) is 0.769. The first-order valence-electron chi connectivity index (χ1n) is 7.17. The Labute approximate surface area is 133 Å². The van der Waals surface area contributed by atoms with Crippen LogP contribution < -0.4 is 14.4 Å². The van der Waals surface area contributed by atoms with Gasteiger partial charge in [-0.3, -0.25) is 14.5 Å². The number of benzene rings is 1. The average molecular weight is 318 g/mol. The summed E-state index contributed by atoms with van der Waals surface area (Å²) in [7, 11) is 2.94. The van der Waals surface area contributed by atoms with Crippen LogP contribution in [0.4, 0.5) is 5.69 Å². The van der Waals surface area contributed by atoms with Gasteiger partial charge in [-0.05, 0) is 12.5 Å². The zero-order valence-electron chi connectivity index (χ0n) is 13.0. The molecule has 2 aliphatic rings. The summed E-state index contributed by atoms with van der Waals surface area (Å²) in [4.78, 5) is 27.1. The second-order valence-electron chi connectivity index (χ2n) is 5.61. The van der Waals surface area contributed by atoms with Gasteiger partial charge in [-0.15, -0.1) is 0 Å². The fourth-order valence-corrected chi connectivity index (χ4v) is 3.17. The quantitative estimate of drug-likeness (QED) is 0.658. The number of fused-ring (bicyclic) bond motifs is 2. The highest BCUT2D eigenvalue weighted by Gasteiger charge is 2.43. The van der Waals surface area contributed by atoms with Crippen molar-refractivity contribution in [2.75, 3.05) is 25.7 Å². The lowest BCUT2D eigenvalue weighted by atomic mass is 10.1. The number of hydrogen-bond acceptors (Lipinski definition) is 5. The van der Waals surface area contributed by atoms with Crippen molar-refractivity contribution in [1.29, 1.82) is 0 Å². The Morgan fingerprint density at radius 1 is 1.30 bits per heavy atom. The van der Waals surface area contributed by atoms with Gasteiger partial charge >= 0.3 is 0 Å². The van der Waals surface area contributed by atoms with Crippen LogP contribution in [0.25, 0.3) is 0 Å². The summed E-state index contributed by atoms with van der Waals surface area (Å²) in [5.41, 5.74) is 1.43. The van der Waals surface area contributed by atoms with E-state index in [1.54, 1.807) is 4.90 Å². The Balaban J connectivity index is 2.21. The highest BCUT2D eigenvalue weighted by molar-refractivity contribution is 6.04. The molecule has 0 bridgehead atoms. The molecular weight excluding hydrogens is 300 g/mol. The lowest BCUT2D eigenvalue weighted by Crippen LogP contribution is -2.48. The van der Waals surface area contributed by atoms with Gasteiger partial charge in [-0.2, -0.15) is 0 Å². The van der Waals surface area contributed by atoms with Crippen LogP contribution in [0.1, 0.15) is 16.8 Å². The lowest BCUT2D eigenvalue weighted by Gasteiger charge is -2.29. The van der Waals surface area contributed by atoms with Crippen LogP contribution in [-0.4, -0.2) is 55.4 Å². The number of carbonyl (C=O) groups excluding carboxylic acids is 2. The largest absolute Gasteiger partial charge is 0.493 e. The van der Waals surface area contributed by atoms with Crippen molar-refractivity contribution in [3.63, 3.8) is 0 Å². The van der Waals surface area contributed by atoms with Gasteiger partial charge in [-0.1, -0.05) is 12.2 Å². The molecule has 0 aromatic heterocycles. The highest BCUT2D eigenvalue weighted by Crippen LogP contribution is 2.40. The van der Waals surface area contributed by atoms with Crippen molar-refractivity contribution < 1.29 is 24.2 Å². The number of amides is 2. The molecule has 0 spiro atoms. The number of ether oxygens (including phenoxy) is 2. The van der Waals surface area contributed by atoms with Crippen LogP contribution in [0.3, 0.4) is 0 Å².